The van der Waals surface area contributed by atoms with Crippen LogP contribution >= 0.6 is 0 Å². The monoisotopic (exact) mass is 314 g/mol. The summed E-state index contributed by atoms with van der Waals surface area (Å²) in [6.07, 6.45) is 3.32. The smallest absolute Gasteiger partial charge is 0.190 e. The molecular formula is C20H14N2O2. The molecule has 0 fully saturated rings. The van der Waals surface area contributed by atoms with Gasteiger partial charge in [-0.15, -0.1) is 0 Å². The third-order valence-electron chi connectivity index (χ3n) is 4.03. The van der Waals surface area contributed by atoms with Crippen molar-refractivity contribution < 1.29 is 4.42 Å². The number of nitrogens with zero attached hydrogens (tertiary/aromatic N) is 2. The predicted molar refractivity (Wildman–Crippen MR) is 97.3 cm³/mol. The standard InChI is InChI=1S/C20H14N2O2/c1-3-22(4-2)13-9-10-16-18(11-13)24-19-12-17(23)14-7-5-6-8-15(14)20(19)21-16/h3-12H,1-2H2. The largest absolute Gasteiger partial charge is 0.453 e. The lowest BCUT2D eigenvalue weighted by Gasteiger charge is -2.15. The summed E-state index contributed by atoms with van der Waals surface area (Å²) in [5.41, 5.74) is 2.81. The van der Waals surface area contributed by atoms with Gasteiger partial charge in [0, 0.05) is 41.0 Å². The minimum atomic E-state index is -0.0713. The quantitative estimate of drug-likeness (QED) is 0.411. The van der Waals surface area contributed by atoms with Crippen LogP contribution in [0.2, 0.25) is 0 Å². The van der Waals surface area contributed by atoms with Crippen LogP contribution in [0.5, 0.6) is 0 Å². The van der Waals surface area contributed by atoms with E-state index in [0.717, 1.165) is 16.6 Å². The topological polar surface area (TPSA) is 46.3 Å². The first-order valence-corrected chi connectivity index (χ1v) is 7.51. The van der Waals surface area contributed by atoms with Gasteiger partial charge in [-0.1, -0.05) is 37.4 Å². The van der Waals surface area contributed by atoms with Crippen LogP contribution in [-0.4, -0.2) is 4.98 Å². The second-order valence-corrected chi connectivity index (χ2v) is 5.41. The Kier molecular flexibility index (Phi) is 3.17. The van der Waals surface area contributed by atoms with Crippen LogP contribution in [0.15, 0.2) is 83.3 Å². The number of fused-ring (bicyclic) bond motifs is 4. The summed E-state index contributed by atoms with van der Waals surface area (Å²) < 4.78 is 5.96. The van der Waals surface area contributed by atoms with Crippen LogP contribution in [0.3, 0.4) is 0 Å². The van der Waals surface area contributed by atoms with Crippen molar-refractivity contribution in [3.8, 4) is 11.5 Å². The van der Waals surface area contributed by atoms with Crippen LogP contribution in [0.25, 0.3) is 33.3 Å². The first-order chi connectivity index (χ1) is 11.7. The highest BCUT2D eigenvalue weighted by molar-refractivity contribution is 5.96. The third-order valence-corrected chi connectivity index (χ3v) is 4.03. The molecular weight excluding hydrogens is 300 g/mol. The van der Waals surface area contributed by atoms with E-state index in [1.54, 1.807) is 23.4 Å². The van der Waals surface area contributed by atoms with Gasteiger partial charge in [0.2, 0.25) is 0 Å². The highest BCUT2D eigenvalue weighted by Crippen LogP contribution is 2.31. The molecule has 2 aromatic rings. The Morgan fingerprint density at radius 3 is 2.50 bits per heavy atom. The highest BCUT2D eigenvalue weighted by Gasteiger charge is 2.15. The molecule has 0 saturated carbocycles. The van der Waals surface area contributed by atoms with Gasteiger partial charge in [0.25, 0.3) is 0 Å². The molecule has 0 aromatic heterocycles. The minimum absolute atomic E-state index is 0.0713. The van der Waals surface area contributed by atoms with E-state index >= 15 is 0 Å². The average Bonchev–Trinajstić information content (AvgIpc) is 2.62. The van der Waals surface area contributed by atoms with E-state index in [0.29, 0.717) is 22.4 Å². The van der Waals surface area contributed by atoms with Crippen molar-refractivity contribution in [1.29, 1.82) is 0 Å². The minimum Gasteiger partial charge on any atom is -0.453 e. The summed E-state index contributed by atoms with van der Waals surface area (Å²) in [4.78, 5) is 18.7. The summed E-state index contributed by atoms with van der Waals surface area (Å²) in [7, 11) is 0. The summed E-state index contributed by atoms with van der Waals surface area (Å²) >= 11 is 0. The van der Waals surface area contributed by atoms with E-state index in [9.17, 15) is 4.79 Å². The van der Waals surface area contributed by atoms with Crippen molar-refractivity contribution in [2.24, 2.45) is 0 Å². The van der Waals surface area contributed by atoms with E-state index < -0.39 is 0 Å². The van der Waals surface area contributed by atoms with E-state index in [-0.39, 0.29) is 5.43 Å². The van der Waals surface area contributed by atoms with Crippen molar-refractivity contribution in [2.75, 3.05) is 4.90 Å². The second-order valence-electron chi connectivity index (χ2n) is 5.41. The van der Waals surface area contributed by atoms with Crippen LogP contribution < -0.4 is 10.3 Å². The number of anilines is 1. The number of hydrogen-bond donors (Lipinski definition) is 0. The zero-order valence-corrected chi connectivity index (χ0v) is 12.9. The third kappa shape index (κ3) is 2.08. The Labute approximate surface area is 138 Å². The van der Waals surface area contributed by atoms with Gasteiger partial charge >= 0.3 is 0 Å². The number of aromatic nitrogens is 1. The molecule has 4 heteroatoms. The Morgan fingerprint density at radius 2 is 1.75 bits per heavy atom. The molecule has 4 nitrogen and oxygen atoms in total. The van der Waals surface area contributed by atoms with Crippen LogP contribution in [0.4, 0.5) is 5.69 Å². The summed E-state index contributed by atoms with van der Waals surface area (Å²) in [6, 6.07) is 14.6. The van der Waals surface area contributed by atoms with Crippen molar-refractivity contribution in [3.05, 3.63) is 84.3 Å². The van der Waals surface area contributed by atoms with Crippen molar-refractivity contribution in [3.63, 3.8) is 0 Å². The molecule has 0 amide bonds. The van der Waals surface area contributed by atoms with Gasteiger partial charge in [-0.25, -0.2) is 4.98 Å². The van der Waals surface area contributed by atoms with E-state index in [1.807, 2.05) is 36.4 Å². The first kappa shape index (κ1) is 14.2. The fourth-order valence-electron chi connectivity index (χ4n) is 2.86. The van der Waals surface area contributed by atoms with E-state index in [2.05, 4.69) is 13.2 Å². The lowest BCUT2D eigenvalue weighted by molar-refractivity contribution is 0.614. The lowest BCUT2D eigenvalue weighted by Crippen LogP contribution is -2.06. The zero-order valence-electron chi connectivity index (χ0n) is 12.9. The molecule has 0 atom stereocenters. The molecule has 2 aromatic carbocycles. The molecule has 0 spiro atoms. The van der Waals surface area contributed by atoms with Crippen molar-refractivity contribution in [2.45, 2.75) is 0 Å². The van der Waals surface area contributed by atoms with Crippen molar-refractivity contribution in [1.82, 2.24) is 4.98 Å². The summed E-state index contributed by atoms with van der Waals surface area (Å²) in [5, 5.41) is 1.45. The fourth-order valence-corrected chi connectivity index (χ4v) is 2.86. The normalized spacial score (nSPS) is 11.0. The second kappa shape index (κ2) is 5.35. The Morgan fingerprint density at radius 1 is 1.00 bits per heavy atom. The molecule has 0 N–H and O–H groups in total. The lowest BCUT2D eigenvalue weighted by atomic mass is 10.0. The maximum absolute atomic E-state index is 12.3. The maximum Gasteiger partial charge on any atom is 0.190 e. The molecule has 1 heterocycles. The van der Waals surface area contributed by atoms with Gasteiger partial charge in [0.1, 0.15) is 11.2 Å². The van der Waals surface area contributed by atoms with E-state index in [4.69, 9.17) is 9.40 Å². The summed E-state index contributed by atoms with van der Waals surface area (Å²) in [6.45, 7) is 7.50. The fraction of sp³-hybridized carbons (Fsp3) is 0. The Balaban J connectivity index is 2.06. The Bertz CT molecular complexity index is 1120. The number of rotatable bonds is 3. The molecule has 2 aliphatic rings. The molecule has 0 radical (unpaired) electrons. The molecule has 0 saturated heterocycles. The van der Waals surface area contributed by atoms with Gasteiger partial charge in [-0.3, -0.25) is 4.79 Å². The molecule has 4 rings (SSSR count). The number of benzene rings is 3. The predicted octanol–water partition coefficient (Wildman–Crippen LogP) is 4.54. The van der Waals surface area contributed by atoms with Gasteiger partial charge in [0.15, 0.2) is 16.8 Å². The number of hydrogen-bond acceptors (Lipinski definition) is 4. The Hall–Kier alpha value is -3.40. The molecule has 0 bridgehead atoms. The van der Waals surface area contributed by atoms with Crippen molar-refractivity contribution >= 4 is 27.6 Å². The van der Waals surface area contributed by atoms with Crippen LogP contribution in [-0.2, 0) is 0 Å². The van der Waals surface area contributed by atoms with Crippen LogP contribution in [0.1, 0.15) is 0 Å². The SMILES string of the molecule is C=CN(C=C)c1ccc2nc3c4ccccc4c(=O)cc-3oc2c1. The van der Waals surface area contributed by atoms with E-state index in [1.165, 1.54) is 6.07 Å². The van der Waals surface area contributed by atoms with Gasteiger partial charge < -0.3 is 9.32 Å². The molecule has 116 valence electrons. The molecule has 24 heavy (non-hydrogen) atoms. The average molecular weight is 314 g/mol. The molecule has 0 unspecified atom stereocenters. The van der Waals surface area contributed by atoms with Gasteiger partial charge in [-0.05, 0) is 12.1 Å². The first-order valence-electron chi connectivity index (χ1n) is 7.51. The van der Waals surface area contributed by atoms with Gasteiger partial charge in [-0.2, -0.15) is 0 Å². The molecule has 1 aliphatic carbocycles. The van der Waals surface area contributed by atoms with Gasteiger partial charge in [0.05, 0.1) is 0 Å². The zero-order chi connectivity index (χ0) is 16.7. The van der Waals surface area contributed by atoms with Crippen LogP contribution in [0, 0.1) is 0 Å². The molecule has 1 aliphatic heterocycles. The maximum atomic E-state index is 12.3. The summed E-state index contributed by atoms with van der Waals surface area (Å²) in [5.74, 6) is 0.479. The highest BCUT2D eigenvalue weighted by atomic mass is 16.3.